The Morgan fingerprint density at radius 3 is 2.25 bits per heavy atom. The quantitative estimate of drug-likeness (QED) is 0.497. The molecule has 24 heavy (non-hydrogen) atoms. The average molecular weight is 324 g/mol. The molecule has 0 bridgehead atoms. The van der Waals surface area contributed by atoms with Gasteiger partial charge in [0.15, 0.2) is 5.78 Å². The van der Waals surface area contributed by atoms with Crippen molar-refractivity contribution in [2.75, 3.05) is 7.11 Å². The minimum atomic E-state index is 0.0681. The predicted octanol–water partition coefficient (Wildman–Crippen LogP) is 5.67. The van der Waals surface area contributed by atoms with E-state index in [2.05, 4.69) is 45.9 Å². The molecule has 0 N–H and O–H groups in total. The van der Waals surface area contributed by atoms with Crippen molar-refractivity contribution < 1.29 is 9.53 Å². The number of benzene rings is 1. The van der Waals surface area contributed by atoms with Crippen molar-refractivity contribution in [1.29, 1.82) is 0 Å². The van der Waals surface area contributed by atoms with Crippen molar-refractivity contribution in [3.8, 4) is 5.75 Å². The van der Waals surface area contributed by atoms with Crippen LogP contribution in [0, 0.1) is 20.8 Å². The molecule has 0 aliphatic carbocycles. The fourth-order valence-corrected chi connectivity index (χ4v) is 2.52. The van der Waals surface area contributed by atoms with Crippen LogP contribution in [0.25, 0.3) is 6.08 Å². The molecule has 0 spiro atoms. The first kappa shape index (κ1) is 19.7. The topological polar surface area (TPSA) is 26.3 Å². The van der Waals surface area contributed by atoms with Crippen molar-refractivity contribution >= 4 is 11.9 Å². The minimum Gasteiger partial charge on any atom is -0.496 e. The number of ketones is 1. The summed E-state index contributed by atoms with van der Waals surface area (Å²) in [5, 5.41) is 0. The second-order valence-corrected chi connectivity index (χ2v) is 6.16. The molecule has 2 heteroatoms. The summed E-state index contributed by atoms with van der Waals surface area (Å²) in [4.78, 5) is 11.0. The highest BCUT2D eigenvalue weighted by Gasteiger charge is 2.08. The summed E-state index contributed by atoms with van der Waals surface area (Å²) in [5.41, 5.74) is 6.95. The lowest BCUT2D eigenvalue weighted by Gasteiger charge is -2.13. The fraction of sp³-hybridized carbons (Fsp3) is 0.318. The Bertz CT molecular complexity index is 729. The molecular weight excluding hydrogens is 296 g/mol. The first-order valence-corrected chi connectivity index (χ1v) is 8.13. The summed E-state index contributed by atoms with van der Waals surface area (Å²) in [6.45, 7) is 11.8. The van der Waals surface area contributed by atoms with Crippen LogP contribution in [0.1, 0.15) is 43.0 Å². The van der Waals surface area contributed by atoms with Gasteiger partial charge < -0.3 is 4.74 Å². The molecule has 128 valence electrons. The Morgan fingerprint density at radius 2 is 1.67 bits per heavy atom. The summed E-state index contributed by atoms with van der Waals surface area (Å²) >= 11 is 0. The Labute approximate surface area is 146 Å². The monoisotopic (exact) mass is 324 g/mol. The van der Waals surface area contributed by atoms with E-state index in [0.29, 0.717) is 0 Å². The maximum Gasteiger partial charge on any atom is 0.152 e. The van der Waals surface area contributed by atoms with E-state index < -0.39 is 0 Å². The second kappa shape index (κ2) is 9.07. The first-order chi connectivity index (χ1) is 11.3. The van der Waals surface area contributed by atoms with Crippen LogP contribution in [-0.2, 0) is 4.79 Å². The normalized spacial score (nSPS) is 13.1. The second-order valence-electron chi connectivity index (χ2n) is 6.16. The van der Waals surface area contributed by atoms with Crippen molar-refractivity contribution in [3.63, 3.8) is 0 Å². The molecule has 0 heterocycles. The number of carbonyl (C=O) groups excluding carboxylic acids is 1. The Morgan fingerprint density at radius 1 is 1.00 bits per heavy atom. The van der Waals surface area contributed by atoms with Crippen molar-refractivity contribution in [1.82, 2.24) is 0 Å². The van der Waals surface area contributed by atoms with Crippen LogP contribution in [0.2, 0.25) is 0 Å². The van der Waals surface area contributed by atoms with Gasteiger partial charge in [0.1, 0.15) is 5.75 Å². The molecule has 0 amide bonds. The van der Waals surface area contributed by atoms with Gasteiger partial charge >= 0.3 is 0 Å². The number of rotatable bonds is 6. The van der Waals surface area contributed by atoms with Gasteiger partial charge in [0.25, 0.3) is 0 Å². The first-order valence-electron chi connectivity index (χ1n) is 8.13. The Balaban J connectivity index is 2.97. The highest BCUT2D eigenvalue weighted by molar-refractivity contribution is 5.88. The summed E-state index contributed by atoms with van der Waals surface area (Å²) in [6, 6.07) is 2.08. The van der Waals surface area contributed by atoms with Crippen molar-refractivity contribution in [2.45, 2.75) is 41.5 Å². The lowest BCUT2D eigenvalue weighted by atomic mass is 9.96. The SMILES string of the molecule is COc1cc(C)c(/C=C/C(C)=C/C=C/C(C)=C/C(C)=O)c(C)c1C. The predicted molar refractivity (Wildman–Crippen MR) is 104 cm³/mol. The van der Waals surface area contributed by atoms with Gasteiger partial charge in [0, 0.05) is 0 Å². The molecule has 0 atom stereocenters. The van der Waals surface area contributed by atoms with E-state index >= 15 is 0 Å². The fourth-order valence-electron chi connectivity index (χ4n) is 2.52. The molecule has 0 radical (unpaired) electrons. The number of hydrogen-bond donors (Lipinski definition) is 0. The number of hydrogen-bond acceptors (Lipinski definition) is 2. The Kier molecular flexibility index (Phi) is 7.44. The summed E-state index contributed by atoms with van der Waals surface area (Å²) in [6.07, 6.45) is 11.8. The maximum atomic E-state index is 11.0. The van der Waals surface area contributed by atoms with E-state index in [-0.39, 0.29) is 5.78 Å². The van der Waals surface area contributed by atoms with E-state index in [1.165, 1.54) is 22.3 Å². The number of ether oxygens (including phenoxy) is 1. The third-order valence-electron chi connectivity index (χ3n) is 3.99. The zero-order valence-electron chi connectivity index (χ0n) is 15.9. The lowest BCUT2D eigenvalue weighted by Crippen LogP contribution is -1.95. The number of aryl methyl sites for hydroxylation is 1. The van der Waals surface area contributed by atoms with Crippen LogP contribution in [-0.4, -0.2) is 12.9 Å². The highest BCUT2D eigenvalue weighted by Crippen LogP contribution is 2.28. The van der Waals surface area contributed by atoms with Crippen LogP contribution in [0.5, 0.6) is 5.75 Å². The zero-order valence-corrected chi connectivity index (χ0v) is 15.9. The summed E-state index contributed by atoms with van der Waals surface area (Å²) in [7, 11) is 1.71. The van der Waals surface area contributed by atoms with Crippen molar-refractivity contribution in [2.24, 2.45) is 0 Å². The van der Waals surface area contributed by atoms with Gasteiger partial charge in [-0.15, -0.1) is 0 Å². The molecule has 0 unspecified atom stereocenters. The molecule has 0 saturated heterocycles. The molecule has 1 aromatic rings. The minimum absolute atomic E-state index is 0.0681. The Hall–Kier alpha value is -2.35. The van der Waals surface area contributed by atoms with Gasteiger partial charge in [-0.3, -0.25) is 4.79 Å². The van der Waals surface area contributed by atoms with Crippen molar-refractivity contribution in [3.05, 3.63) is 69.8 Å². The molecule has 0 fully saturated rings. The smallest absolute Gasteiger partial charge is 0.152 e. The van der Waals surface area contributed by atoms with Crippen LogP contribution in [0.3, 0.4) is 0 Å². The maximum absolute atomic E-state index is 11.0. The summed E-state index contributed by atoms with van der Waals surface area (Å²) < 4.78 is 5.42. The number of allylic oxidation sites excluding steroid dienone is 7. The van der Waals surface area contributed by atoms with E-state index in [1.807, 2.05) is 25.2 Å². The van der Waals surface area contributed by atoms with E-state index in [4.69, 9.17) is 4.74 Å². The molecule has 2 nitrogen and oxygen atoms in total. The highest BCUT2D eigenvalue weighted by atomic mass is 16.5. The van der Waals surface area contributed by atoms with Gasteiger partial charge in [-0.2, -0.15) is 0 Å². The van der Waals surface area contributed by atoms with Crippen LogP contribution in [0.15, 0.2) is 47.6 Å². The van der Waals surface area contributed by atoms with Gasteiger partial charge in [-0.05, 0) is 81.5 Å². The van der Waals surface area contributed by atoms with Crippen LogP contribution >= 0.6 is 0 Å². The van der Waals surface area contributed by atoms with Gasteiger partial charge in [0.2, 0.25) is 0 Å². The van der Waals surface area contributed by atoms with Gasteiger partial charge in [-0.25, -0.2) is 0 Å². The van der Waals surface area contributed by atoms with E-state index in [9.17, 15) is 4.79 Å². The molecule has 0 aliphatic rings. The third-order valence-corrected chi connectivity index (χ3v) is 3.99. The molecular formula is C22H28O2. The average Bonchev–Trinajstić information content (AvgIpc) is 2.50. The standard InChI is InChI=1S/C22H28O2/c1-15(9-8-10-16(2)13-18(4)23)11-12-21-17(3)14-22(24-7)20(6)19(21)5/h8-14H,1-7H3/b10-8+,12-11+,15-9+,16-13+. The van der Waals surface area contributed by atoms with Gasteiger partial charge in [-0.1, -0.05) is 36.0 Å². The van der Waals surface area contributed by atoms with Gasteiger partial charge in [0.05, 0.1) is 7.11 Å². The molecule has 0 saturated carbocycles. The molecule has 1 aromatic carbocycles. The lowest BCUT2D eigenvalue weighted by molar-refractivity contribution is -0.112. The van der Waals surface area contributed by atoms with E-state index in [1.54, 1.807) is 20.1 Å². The molecule has 1 rings (SSSR count). The number of methoxy groups -OCH3 is 1. The summed E-state index contributed by atoms with van der Waals surface area (Å²) in [5.74, 6) is 1.00. The zero-order chi connectivity index (χ0) is 18.3. The number of carbonyl (C=O) groups is 1. The van der Waals surface area contributed by atoms with E-state index in [0.717, 1.165) is 16.9 Å². The van der Waals surface area contributed by atoms with Crippen LogP contribution < -0.4 is 4.74 Å². The third kappa shape index (κ3) is 5.69. The molecule has 0 aromatic heterocycles. The van der Waals surface area contributed by atoms with Crippen LogP contribution in [0.4, 0.5) is 0 Å². The molecule has 0 aliphatic heterocycles. The largest absolute Gasteiger partial charge is 0.496 e.